The predicted octanol–water partition coefficient (Wildman–Crippen LogP) is 3.39. The summed E-state index contributed by atoms with van der Waals surface area (Å²) in [4.78, 5) is 51.0. The van der Waals surface area contributed by atoms with Gasteiger partial charge in [0.1, 0.15) is 0 Å². The molecule has 0 aromatic heterocycles. The van der Waals surface area contributed by atoms with Crippen LogP contribution in [-0.4, -0.2) is 30.0 Å². The summed E-state index contributed by atoms with van der Waals surface area (Å²) in [6.07, 6.45) is 2.75. The van der Waals surface area contributed by atoms with Crippen molar-refractivity contribution < 1.29 is 23.9 Å². The smallest absolute Gasteiger partial charge is 0.340 e. The first kappa shape index (κ1) is 21.6. The van der Waals surface area contributed by atoms with Crippen molar-refractivity contribution in [3.63, 3.8) is 0 Å². The fourth-order valence-corrected chi connectivity index (χ4v) is 4.74. The Morgan fingerprint density at radius 1 is 0.912 bits per heavy atom. The molecule has 1 atom stereocenters. The predicted molar refractivity (Wildman–Crippen MR) is 125 cm³/mol. The van der Waals surface area contributed by atoms with E-state index >= 15 is 0 Å². The summed E-state index contributed by atoms with van der Waals surface area (Å²) in [7, 11) is 0. The Balaban J connectivity index is 1.30. The molecule has 0 saturated heterocycles. The van der Waals surface area contributed by atoms with E-state index in [1.807, 2.05) is 18.2 Å². The van der Waals surface area contributed by atoms with Crippen molar-refractivity contribution in [3.05, 3.63) is 99.6 Å². The van der Waals surface area contributed by atoms with Gasteiger partial charge in [-0.1, -0.05) is 48.5 Å². The van der Waals surface area contributed by atoms with E-state index in [9.17, 15) is 19.2 Å². The topological polar surface area (TPSA) is 116 Å². The van der Waals surface area contributed by atoms with E-state index in [-0.39, 0.29) is 39.8 Å². The number of hydrogen-bond donors (Lipinski definition) is 2. The lowest BCUT2D eigenvalue weighted by Gasteiger charge is -2.26. The molecule has 34 heavy (non-hydrogen) atoms. The van der Waals surface area contributed by atoms with Crippen LogP contribution in [0.5, 0.6) is 0 Å². The van der Waals surface area contributed by atoms with Crippen LogP contribution in [0.2, 0.25) is 0 Å². The van der Waals surface area contributed by atoms with Crippen LogP contribution in [0.4, 0.5) is 5.69 Å². The van der Waals surface area contributed by atoms with Crippen molar-refractivity contribution in [2.45, 2.75) is 25.3 Å². The van der Waals surface area contributed by atoms with Crippen LogP contribution < -0.4 is 11.1 Å². The summed E-state index contributed by atoms with van der Waals surface area (Å²) in [5, 5.41) is 2.92. The number of carbonyl (C=O) groups excluding carboxylic acids is 4. The van der Waals surface area contributed by atoms with Crippen LogP contribution in [0.3, 0.4) is 0 Å². The molecule has 0 radical (unpaired) electrons. The van der Waals surface area contributed by atoms with Gasteiger partial charge in [0.2, 0.25) is 0 Å². The highest BCUT2D eigenvalue weighted by Gasteiger charge is 2.33. The monoisotopic (exact) mass is 454 g/mol. The maximum atomic E-state index is 13.0. The van der Waals surface area contributed by atoms with Crippen LogP contribution in [0.1, 0.15) is 72.2 Å². The second-order valence-electron chi connectivity index (χ2n) is 8.44. The van der Waals surface area contributed by atoms with Gasteiger partial charge in [-0.2, -0.15) is 0 Å². The number of nitrogens with two attached hydrogens (primary N) is 1. The lowest BCUT2D eigenvalue weighted by Crippen LogP contribution is -2.34. The van der Waals surface area contributed by atoms with E-state index in [1.54, 1.807) is 24.3 Å². The molecule has 3 aromatic rings. The van der Waals surface area contributed by atoms with E-state index in [4.69, 9.17) is 10.5 Å². The summed E-state index contributed by atoms with van der Waals surface area (Å²) in [6, 6.07) is 17.1. The van der Waals surface area contributed by atoms with Crippen LogP contribution in [0, 0.1) is 0 Å². The molecule has 7 nitrogen and oxygen atoms in total. The second-order valence-corrected chi connectivity index (χ2v) is 8.44. The fraction of sp³-hybridized carbons (Fsp3) is 0.185. The van der Waals surface area contributed by atoms with E-state index in [0.29, 0.717) is 5.56 Å². The van der Waals surface area contributed by atoms with Gasteiger partial charge in [0.15, 0.2) is 18.2 Å². The number of esters is 1. The van der Waals surface area contributed by atoms with Crippen molar-refractivity contribution in [3.8, 4) is 0 Å². The van der Waals surface area contributed by atoms with Crippen molar-refractivity contribution >= 4 is 29.1 Å². The molecule has 2 aliphatic rings. The minimum absolute atomic E-state index is 0.0126. The van der Waals surface area contributed by atoms with Gasteiger partial charge >= 0.3 is 5.97 Å². The van der Waals surface area contributed by atoms with Gasteiger partial charge < -0.3 is 15.8 Å². The molecule has 0 heterocycles. The number of aryl methyl sites for hydroxylation is 1. The van der Waals surface area contributed by atoms with Gasteiger partial charge in [0, 0.05) is 16.7 Å². The Kier molecular flexibility index (Phi) is 5.45. The Labute approximate surface area is 195 Å². The summed E-state index contributed by atoms with van der Waals surface area (Å²) in [5.41, 5.74) is 8.92. The van der Waals surface area contributed by atoms with Gasteiger partial charge in [-0.05, 0) is 42.5 Å². The average molecular weight is 454 g/mol. The van der Waals surface area contributed by atoms with Crippen LogP contribution >= 0.6 is 0 Å². The summed E-state index contributed by atoms with van der Waals surface area (Å²) in [5.74, 6) is -2.01. The zero-order chi connectivity index (χ0) is 23.8. The number of amides is 1. The average Bonchev–Trinajstić information content (AvgIpc) is 2.86. The number of anilines is 1. The van der Waals surface area contributed by atoms with Crippen molar-refractivity contribution in [1.29, 1.82) is 0 Å². The van der Waals surface area contributed by atoms with Gasteiger partial charge in [0.05, 0.1) is 22.9 Å². The number of hydrogen-bond acceptors (Lipinski definition) is 6. The number of ether oxygens (including phenoxy) is 1. The number of nitrogens with one attached hydrogen (secondary N) is 1. The largest absolute Gasteiger partial charge is 0.452 e. The van der Waals surface area contributed by atoms with E-state index in [2.05, 4.69) is 11.4 Å². The standard InChI is InChI=1S/C27H22N2O5/c28-24-20(13-12-19-23(24)26(32)18-10-4-3-9-17(18)25(19)31)27(33)34-14-22(30)29-21-11-5-7-15-6-1-2-8-16(15)21/h1-4,6,8-10,12-13,21H,5,7,11,14,28H2,(H,29,30). The molecule has 1 amide bonds. The van der Waals surface area contributed by atoms with E-state index in [0.717, 1.165) is 24.8 Å². The molecule has 170 valence electrons. The number of carbonyl (C=O) groups is 4. The summed E-state index contributed by atoms with van der Waals surface area (Å²) >= 11 is 0. The van der Waals surface area contributed by atoms with Gasteiger partial charge in [-0.3, -0.25) is 14.4 Å². The zero-order valence-electron chi connectivity index (χ0n) is 18.3. The first-order chi connectivity index (χ1) is 16.5. The quantitative estimate of drug-likeness (QED) is 0.361. The molecule has 5 rings (SSSR count). The van der Waals surface area contributed by atoms with Crippen LogP contribution in [-0.2, 0) is 16.0 Å². The molecular weight excluding hydrogens is 432 g/mol. The molecule has 3 N–H and O–H groups in total. The fourth-order valence-electron chi connectivity index (χ4n) is 4.74. The molecule has 0 saturated carbocycles. The Morgan fingerprint density at radius 2 is 1.62 bits per heavy atom. The van der Waals surface area contributed by atoms with E-state index < -0.39 is 24.3 Å². The molecular formula is C27H22N2O5. The number of ketones is 2. The molecule has 2 aliphatic carbocycles. The van der Waals surface area contributed by atoms with E-state index in [1.165, 1.54) is 17.7 Å². The molecule has 1 unspecified atom stereocenters. The molecule has 0 aliphatic heterocycles. The SMILES string of the molecule is Nc1c(C(=O)OCC(=O)NC2CCCc3ccccc32)ccc2c1C(=O)c1ccccc1C2=O. The normalized spacial score (nSPS) is 16.2. The third kappa shape index (κ3) is 3.65. The van der Waals surface area contributed by atoms with Gasteiger partial charge in [0.25, 0.3) is 5.91 Å². The highest BCUT2D eigenvalue weighted by atomic mass is 16.5. The van der Waals surface area contributed by atoms with Crippen molar-refractivity contribution in [1.82, 2.24) is 5.32 Å². The van der Waals surface area contributed by atoms with Gasteiger partial charge in [-0.15, -0.1) is 0 Å². The zero-order valence-corrected chi connectivity index (χ0v) is 18.3. The van der Waals surface area contributed by atoms with Crippen molar-refractivity contribution in [2.24, 2.45) is 0 Å². The maximum absolute atomic E-state index is 13.0. The Bertz CT molecular complexity index is 1360. The number of benzene rings is 3. The first-order valence-electron chi connectivity index (χ1n) is 11.1. The Hall–Kier alpha value is -4.26. The minimum Gasteiger partial charge on any atom is -0.452 e. The molecule has 7 heteroatoms. The Morgan fingerprint density at radius 3 is 2.41 bits per heavy atom. The van der Waals surface area contributed by atoms with Crippen molar-refractivity contribution in [2.75, 3.05) is 12.3 Å². The molecule has 0 bridgehead atoms. The highest BCUT2D eigenvalue weighted by Crippen LogP contribution is 2.33. The lowest BCUT2D eigenvalue weighted by atomic mass is 9.82. The second kappa shape index (κ2) is 8.59. The number of fused-ring (bicyclic) bond motifs is 3. The minimum atomic E-state index is -0.835. The lowest BCUT2D eigenvalue weighted by molar-refractivity contribution is -0.125. The first-order valence-corrected chi connectivity index (χ1v) is 11.1. The third-order valence-corrected chi connectivity index (χ3v) is 6.39. The summed E-state index contributed by atoms with van der Waals surface area (Å²) < 4.78 is 5.20. The highest BCUT2D eigenvalue weighted by molar-refractivity contribution is 6.30. The van der Waals surface area contributed by atoms with Gasteiger partial charge in [-0.25, -0.2) is 4.79 Å². The molecule has 0 spiro atoms. The summed E-state index contributed by atoms with van der Waals surface area (Å²) in [6.45, 7) is -0.482. The number of rotatable bonds is 4. The van der Waals surface area contributed by atoms with Crippen LogP contribution in [0.15, 0.2) is 60.7 Å². The molecule has 3 aromatic carbocycles. The number of nitrogen functional groups attached to an aromatic ring is 1. The molecule has 0 fully saturated rings. The van der Waals surface area contributed by atoms with Crippen LogP contribution in [0.25, 0.3) is 0 Å². The third-order valence-electron chi connectivity index (χ3n) is 6.39. The maximum Gasteiger partial charge on any atom is 0.340 e.